The predicted molar refractivity (Wildman–Crippen MR) is 121 cm³/mol. The van der Waals surface area contributed by atoms with Crippen LogP contribution in [0.4, 0.5) is 5.82 Å². The van der Waals surface area contributed by atoms with Crippen LogP contribution in [0, 0.1) is 13.8 Å². The molecular weight excluding hydrogens is 422 g/mol. The van der Waals surface area contributed by atoms with Crippen molar-refractivity contribution in [3.8, 4) is 17.3 Å². The summed E-state index contributed by atoms with van der Waals surface area (Å²) in [6.45, 7) is 7.80. The zero-order valence-corrected chi connectivity index (χ0v) is 18.6. The highest BCUT2D eigenvalue weighted by Crippen LogP contribution is 2.45. The van der Waals surface area contributed by atoms with Crippen LogP contribution in [0.3, 0.4) is 0 Å². The zero-order valence-electron chi connectivity index (χ0n) is 18.6. The van der Waals surface area contributed by atoms with Gasteiger partial charge in [-0.05, 0) is 32.0 Å². The number of para-hydroxylation sites is 1. The van der Waals surface area contributed by atoms with Gasteiger partial charge >= 0.3 is 0 Å². The van der Waals surface area contributed by atoms with Crippen molar-refractivity contribution in [2.45, 2.75) is 26.2 Å². The van der Waals surface area contributed by atoms with Crippen LogP contribution in [0.15, 0.2) is 43.0 Å². The maximum Gasteiger partial charge on any atom is 0.226 e. The zero-order chi connectivity index (χ0) is 23.1. The van der Waals surface area contributed by atoms with Gasteiger partial charge in [-0.2, -0.15) is 14.3 Å². The molecule has 0 bridgehead atoms. The van der Waals surface area contributed by atoms with Crippen molar-refractivity contribution in [3.05, 3.63) is 65.6 Å². The highest BCUT2D eigenvalue weighted by atomic mass is 16.5. The third-order valence-corrected chi connectivity index (χ3v) is 5.67. The average molecular weight is 445 g/mol. The van der Waals surface area contributed by atoms with Gasteiger partial charge < -0.3 is 14.8 Å². The molecule has 1 N–H and O–H groups in total. The number of carbonyl (C=O) groups is 1. The number of fused-ring (bicyclic) bond motifs is 2. The summed E-state index contributed by atoms with van der Waals surface area (Å²) in [4.78, 5) is 12.8. The summed E-state index contributed by atoms with van der Waals surface area (Å²) in [5.74, 6) is 2.60. The molecule has 1 aliphatic heterocycles. The largest absolute Gasteiger partial charge is 0.493 e. The van der Waals surface area contributed by atoms with Gasteiger partial charge in [-0.25, -0.2) is 0 Å². The maximum atomic E-state index is 12.8. The Morgan fingerprint density at radius 1 is 1.21 bits per heavy atom. The van der Waals surface area contributed by atoms with Crippen molar-refractivity contribution in [1.82, 2.24) is 29.6 Å². The minimum Gasteiger partial charge on any atom is -0.493 e. The molecule has 0 saturated heterocycles. The number of carbonyl (C=O) groups excluding carboxylic acids is 1. The minimum atomic E-state index is -0.266. The smallest absolute Gasteiger partial charge is 0.226 e. The molecule has 0 spiro atoms. The van der Waals surface area contributed by atoms with E-state index in [4.69, 9.17) is 14.6 Å². The molecule has 1 atom stereocenters. The number of aromatic nitrogens is 6. The van der Waals surface area contributed by atoms with Crippen LogP contribution >= 0.6 is 0 Å². The predicted octanol–water partition coefficient (Wildman–Crippen LogP) is 2.97. The number of hydrogen-bond donors (Lipinski definition) is 1. The maximum absolute atomic E-state index is 12.8. The van der Waals surface area contributed by atoms with Crippen LogP contribution in [0.5, 0.6) is 11.5 Å². The quantitative estimate of drug-likeness (QED) is 0.455. The summed E-state index contributed by atoms with van der Waals surface area (Å²) < 4.78 is 14.8. The molecule has 33 heavy (non-hydrogen) atoms. The summed E-state index contributed by atoms with van der Waals surface area (Å²) in [6, 6.07) is 9.30. The number of ether oxygens (including phenoxy) is 2. The van der Waals surface area contributed by atoms with E-state index in [1.807, 2.05) is 38.1 Å². The van der Waals surface area contributed by atoms with Gasteiger partial charge in [-0.1, -0.05) is 24.8 Å². The van der Waals surface area contributed by atoms with E-state index < -0.39 is 0 Å². The van der Waals surface area contributed by atoms with E-state index in [-0.39, 0.29) is 18.2 Å². The second-order valence-corrected chi connectivity index (χ2v) is 7.75. The Labute approximate surface area is 189 Å². The Hall–Kier alpha value is -4.21. The molecule has 10 nitrogen and oxygen atoms in total. The molecule has 1 aliphatic rings. The monoisotopic (exact) mass is 445 g/mol. The van der Waals surface area contributed by atoms with Crippen LogP contribution in [-0.4, -0.2) is 49.2 Å². The van der Waals surface area contributed by atoms with E-state index in [2.05, 4.69) is 27.2 Å². The Balaban J connectivity index is 1.67. The first-order valence-electron chi connectivity index (χ1n) is 10.5. The van der Waals surface area contributed by atoms with E-state index in [1.54, 1.807) is 28.4 Å². The average Bonchev–Trinajstić information content (AvgIpc) is 3.36. The normalized spacial score (nSPS) is 15.2. The number of aryl methyl sites for hydroxylation is 2. The van der Waals surface area contributed by atoms with E-state index in [0.29, 0.717) is 41.2 Å². The molecular formula is C23H23N7O3. The van der Waals surface area contributed by atoms with Crippen molar-refractivity contribution in [1.29, 1.82) is 0 Å². The number of hydrogen-bond acceptors (Lipinski definition) is 7. The molecule has 3 aromatic heterocycles. The fourth-order valence-electron chi connectivity index (χ4n) is 4.24. The molecule has 0 unspecified atom stereocenters. The van der Waals surface area contributed by atoms with Gasteiger partial charge in [0.2, 0.25) is 5.91 Å². The highest BCUT2D eigenvalue weighted by molar-refractivity contribution is 5.95. The van der Waals surface area contributed by atoms with Gasteiger partial charge in [0, 0.05) is 23.5 Å². The lowest BCUT2D eigenvalue weighted by molar-refractivity contribution is -0.116. The Morgan fingerprint density at radius 2 is 2.06 bits per heavy atom. The second kappa shape index (κ2) is 8.05. The fourth-order valence-corrected chi connectivity index (χ4v) is 4.24. The molecule has 1 amide bonds. The minimum absolute atomic E-state index is 0.118. The van der Waals surface area contributed by atoms with Crippen LogP contribution in [0.2, 0.25) is 0 Å². The number of rotatable bonds is 6. The number of nitrogens with one attached hydrogen (secondary N) is 1. The molecule has 0 radical (unpaired) electrons. The summed E-state index contributed by atoms with van der Waals surface area (Å²) in [5, 5.41) is 20.5. The molecule has 0 fully saturated rings. The van der Waals surface area contributed by atoms with E-state index >= 15 is 0 Å². The van der Waals surface area contributed by atoms with Crippen LogP contribution in [0.25, 0.3) is 11.5 Å². The lowest BCUT2D eigenvalue weighted by Crippen LogP contribution is -2.25. The van der Waals surface area contributed by atoms with Crippen molar-refractivity contribution in [2.75, 3.05) is 19.0 Å². The molecule has 0 aliphatic carbocycles. The first-order valence-corrected chi connectivity index (χ1v) is 10.5. The summed E-state index contributed by atoms with van der Waals surface area (Å²) in [6.07, 6.45) is 1.93. The summed E-state index contributed by atoms with van der Waals surface area (Å²) in [5.41, 5.74) is 3.19. The molecule has 5 rings (SSSR count). The van der Waals surface area contributed by atoms with Gasteiger partial charge in [0.1, 0.15) is 12.4 Å². The molecule has 168 valence electrons. The Kier molecular flexibility index (Phi) is 5.04. The van der Waals surface area contributed by atoms with Crippen molar-refractivity contribution in [3.63, 3.8) is 0 Å². The third kappa shape index (κ3) is 3.39. The number of benzene rings is 1. The number of amides is 1. The van der Waals surface area contributed by atoms with Crippen molar-refractivity contribution < 1.29 is 14.3 Å². The van der Waals surface area contributed by atoms with Crippen molar-refractivity contribution in [2.24, 2.45) is 0 Å². The van der Waals surface area contributed by atoms with E-state index in [0.717, 1.165) is 16.8 Å². The topological polar surface area (TPSA) is 108 Å². The lowest BCUT2D eigenvalue weighted by atomic mass is 9.85. The second-order valence-electron chi connectivity index (χ2n) is 7.75. The summed E-state index contributed by atoms with van der Waals surface area (Å²) in [7, 11) is 1.59. The van der Waals surface area contributed by atoms with E-state index in [1.165, 1.54) is 0 Å². The first-order chi connectivity index (χ1) is 16.0. The molecule has 1 aromatic carbocycles. The van der Waals surface area contributed by atoms with Crippen LogP contribution in [0.1, 0.15) is 35.0 Å². The number of nitrogens with zero attached hydrogens (tertiary/aromatic N) is 6. The lowest BCUT2D eigenvalue weighted by Gasteiger charge is -2.26. The van der Waals surface area contributed by atoms with Gasteiger partial charge in [-0.15, -0.1) is 15.3 Å². The summed E-state index contributed by atoms with van der Waals surface area (Å²) >= 11 is 0. The molecule has 4 aromatic rings. The first kappa shape index (κ1) is 20.7. The van der Waals surface area contributed by atoms with Crippen LogP contribution < -0.4 is 14.8 Å². The fraction of sp³-hybridized carbons (Fsp3) is 0.261. The number of anilines is 1. The SMILES string of the molecule is C=CCOc1c(OC)cccc1[C@H]1CC(=O)Nc2c1c(C)nn2-c1ccc2nnc(C)n2n1. The number of methoxy groups -OCH3 is 1. The molecule has 4 heterocycles. The Bertz CT molecular complexity index is 1390. The standard InChI is InChI=1S/C23H23N7O3/c1-5-11-33-22-15(7-6-8-17(22)32-4)16-12-20(31)24-23-21(16)13(2)27-30(23)19-10-9-18-26-25-14(3)29(18)28-19/h5-10,16H,1,11-12H2,2-4H3,(H,24,31)/t16-/m1/s1. The third-order valence-electron chi connectivity index (χ3n) is 5.67. The Morgan fingerprint density at radius 3 is 2.85 bits per heavy atom. The van der Waals surface area contributed by atoms with Gasteiger partial charge in [-0.3, -0.25) is 4.79 Å². The highest BCUT2D eigenvalue weighted by Gasteiger charge is 2.35. The van der Waals surface area contributed by atoms with Gasteiger partial charge in [0.15, 0.2) is 28.8 Å². The molecule has 10 heteroatoms. The molecule has 0 saturated carbocycles. The van der Waals surface area contributed by atoms with E-state index in [9.17, 15) is 4.79 Å². The van der Waals surface area contributed by atoms with Gasteiger partial charge in [0.25, 0.3) is 0 Å². The van der Waals surface area contributed by atoms with Gasteiger partial charge in [0.05, 0.1) is 12.8 Å². The van der Waals surface area contributed by atoms with Crippen LogP contribution in [-0.2, 0) is 4.79 Å². The van der Waals surface area contributed by atoms with Crippen molar-refractivity contribution >= 4 is 17.4 Å².